The number of thiophene rings is 1. The normalized spacial score (nSPS) is 13.0. The minimum atomic E-state index is -0.0480. The van der Waals surface area contributed by atoms with Crippen LogP contribution in [0.2, 0.25) is 0 Å². The Balaban J connectivity index is 1.96. The molecule has 4 aromatic rings. The van der Waals surface area contributed by atoms with E-state index in [-0.39, 0.29) is 6.04 Å². The molecule has 0 amide bonds. The van der Waals surface area contributed by atoms with Crippen molar-refractivity contribution in [2.45, 2.75) is 19.5 Å². The summed E-state index contributed by atoms with van der Waals surface area (Å²) in [4.78, 5) is 1.21. The molecular weight excluding hydrogens is 288 g/mol. The first-order chi connectivity index (χ1) is 10.8. The third kappa shape index (κ3) is 1.97. The van der Waals surface area contributed by atoms with Crippen molar-refractivity contribution in [2.24, 2.45) is 5.73 Å². The molecule has 2 N–H and O–H groups in total. The van der Waals surface area contributed by atoms with Crippen LogP contribution in [0.25, 0.3) is 21.8 Å². The number of rotatable bonds is 3. The van der Waals surface area contributed by atoms with Crippen molar-refractivity contribution in [3.8, 4) is 0 Å². The summed E-state index contributed by atoms with van der Waals surface area (Å²) in [6.07, 6.45) is 0. The number of nitrogens with two attached hydrogens (primary N) is 1. The molecule has 0 spiro atoms. The van der Waals surface area contributed by atoms with E-state index in [0.29, 0.717) is 0 Å². The van der Waals surface area contributed by atoms with Gasteiger partial charge in [-0.25, -0.2) is 0 Å². The molecule has 1 atom stereocenters. The monoisotopic (exact) mass is 306 g/mol. The van der Waals surface area contributed by atoms with Gasteiger partial charge >= 0.3 is 0 Å². The molecule has 0 unspecified atom stereocenters. The summed E-state index contributed by atoms with van der Waals surface area (Å²) in [5.74, 6) is 0. The molecule has 2 heterocycles. The number of hydrogen-bond donors (Lipinski definition) is 1. The third-order valence-corrected chi connectivity index (χ3v) is 5.28. The van der Waals surface area contributed by atoms with Crippen LogP contribution < -0.4 is 5.73 Å². The number of aromatic nitrogens is 1. The Labute approximate surface area is 133 Å². The summed E-state index contributed by atoms with van der Waals surface area (Å²) < 4.78 is 2.37. The van der Waals surface area contributed by atoms with Gasteiger partial charge in [-0.05, 0) is 42.1 Å². The lowest BCUT2D eigenvalue weighted by molar-refractivity contribution is 0.826. The summed E-state index contributed by atoms with van der Waals surface area (Å²) in [5, 5.41) is 4.68. The van der Waals surface area contributed by atoms with Crippen LogP contribution in [0.4, 0.5) is 0 Å². The maximum absolute atomic E-state index is 6.44. The van der Waals surface area contributed by atoms with Crippen LogP contribution in [-0.2, 0) is 6.54 Å². The Morgan fingerprint density at radius 1 is 1.00 bits per heavy atom. The molecule has 110 valence electrons. The van der Waals surface area contributed by atoms with Crippen molar-refractivity contribution < 1.29 is 0 Å². The van der Waals surface area contributed by atoms with Crippen LogP contribution >= 0.6 is 11.3 Å². The molecule has 0 aliphatic rings. The van der Waals surface area contributed by atoms with Gasteiger partial charge in [-0.3, -0.25) is 0 Å². The average molecular weight is 306 g/mol. The molecule has 0 bridgehead atoms. The van der Waals surface area contributed by atoms with Crippen LogP contribution in [-0.4, -0.2) is 4.57 Å². The molecule has 0 radical (unpaired) electrons. The zero-order valence-corrected chi connectivity index (χ0v) is 13.3. The van der Waals surface area contributed by atoms with E-state index in [9.17, 15) is 0 Å². The predicted molar refractivity (Wildman–Crippen MR) is 95.5 cm³/mol. The van der Waals surface area contributed by atoms with E-state index < -0.39 is 0 Å². The number of nitrogens with zero attached hydrogens (tertiary/aromatic N) is 1. The second-order valence-electron chi connectivity index (χ2n) is 5.53. The lowest BCUT2D eigenvalue weighted by Crippen LogP contribution is -2.09. The van der Waals surface area contributed by atoms with Crippen molar-refractivity contribution in [1.29, 1.82) is 0 Å². The van der Waals surface area contributed by atoms with Crippen LogP contribution in [0.3, 0.4) is 0 Å². The van der Waals surface area contributed by atoms with Crippen molar-refractivity contribution in [3.63, 3.8) is 0 Å². The summed E-state index contributed by atoms with van der Waals surface area (Å²) in [7, 11) is 0. The Morgan fingerprint density at radius 3 is 2.59 bits per heavy atom. The van der Waals surface area contributed by atoms with Crippen LogP contribution in [0.5, 0.6) is 0 Å². The van der Waals surface area contributed by atoms with Gasteiger partial charge in [0, 0.05) is 33.2 Å². The number of aryl methyl sites for hydroxylation is 1. The fourth-order valence-electron chi connectivity index (χ4n) is 3.24. The van der Waals surface area contributed by atoms with Crippen LogP contribution in [0.15, 0.2) is 60.0 Å². The highest BCUT2D eigenvalue weighted by molar-refractivity contribution is 7.10. The zero-order chi connectivity index (χ0) is 15.1. The van der Waals surface area contributed by atoms with E-state index in [4.69, 9.17) is 5.73 Å². The molecule has 22 heavy (non-hydrogen) atoms. The van der Waals surface area contributed by atoms with Crippen molar-refractivity contribution in [1.82, 2.24) is 4.57 Å². The molecule has 3 heteroatoms. The first kappa shape index (κ1) is 13.6. The molecule has 0 saturated carbocycles. The molecule has 4 rings (SSSR count). The standard InChI is InChI=1S/C19H18N2S/c1-2-21-16-7-4-3-6-14(16)15-12-13(9-10-17(15)21)19(20)18-8-5-11-22-18/h3-12,19H,2,20H2,1H3/t19-/m0/s1. The second-order valence-corrected chi connectivity index (χ2v) is 6.51. The predicted octanol–water partition coefficient (Wildman–Crippen LogP) is 4.92. The van der Waals surface area contributed by atoms with Gasteiger partial charge in [0.05, 0.1) is 6.04 Å². The first-order valence-corrected chi connectivity index (χ1v) is 8.47. The maximum Gasteiger partial charge on any atom is 0.0646 e. The topological polar surface area (TPSA) is 30.9 Å². The summed E-state index contributed by atoms with van der Waals surface area (Å²) in [6.45, 7) is 3.16. The summed E-state index contributed by atoms with van der Waals surface area (Å²) >= 11 is 1.71. The summed E-state index contributed by atoms with van der Waals surface area (Å²) in [6, 6.07) is 19.3. The molecule has 2 aromatic carbocycles. The average Bonchev–Trinajstić information content (AvgIpc) is 3.20. The number of para-hydroxylation sites is 1. The largest absolute Gasteiger partial charge is 0.341 e. The lowest BCUT2D eigenvalue weighted by Gasteiger charge is -2.11. The number of hydrogen-bond acceptors (Lipinski definition) is 2. The van der Waals surface area contributed by atoms with Gasteiger partial charge in [0.25, 0.3) is 0 Å². The highest BCUT2D eigenvalue weighted by atomic mass is 32.1. The van der Waals surface area contributed by atoms with Crippen molar-refractivity contribution in [3.05, 3.63) is 70.4 Å². The van der Waals surface area contributed by atoms with E-state index in [1.165, 1.54) is 32.2 Å². The van der Waals surface area contributed by atoms with E-state index in [2.05, 4.69) is 71.5 Å². The highest BCUT2D eigenvalue weighted by Gasteiger charge is 2.14. The van der Waals surface area contributed by atoms with Crippen LogP contribution in [0.1, 0.15) is 23.4 Å². The van der Waals surface area contributed by atoms with Gasteiger partial charge in [0.1, 0.15) is 0 Å². The molecule has 0 aliphatic heterocycles. The molecule has 0 fully saturated rings. The quantitative estimate of drug-likeness (QED) is 0.572. The van der Waals surface area contributed by atoms with Crippen molar-refractivity contribution in [2.75, 3.05) is 0 Å². The van der Waals surface area contributed by atoms with Gasteiger partial charge in [-0.1, -0.05) is 30.3 Å². The SMILES string of the molecule is CCn1c2ccccc2c2cc([C@H](N)c3cccs3)ccc21. The van der Waals surface area contributed by atoms with Gasteiger partial charge < -0.3 is 10.3 Å². The zero-order valence-electron chi connectivity index (χ0n) is 12.5. The molecular formula is C19H18N2S. The number of benzene rings is 2. The Kier molecular flexibility index (Phi) is 3.25. The fourth-order valence-corrected chi connectivity index (χ4v) is 3.99. The van der Waals surface area contributed by atoms with E-state index in [1.807, 2.05) is 0 Å². The minimum Gasteiger partial charge on any atom is -0.341 e. The lowest BCUT2D eigenvalue weighted by atomic mass is 10.0. The van der Waals surface area contributed by atoms with Gasteiger partial charge in [0.2, 0.25) is 0 Å². The van der Waals surface area contributed by atoms with E-state index in [0.717, 1.165) is 6.54 Å². The smallest absolute Gasteiger partial charge is 0.0646 e. The third-order valence-electron chi connectivity index (χ3n) is 4.32. The van der Waals surface area contributed by atoms with Gasteiger partial charge in [-0.2, -0.15) is 0 Å². The summed E-state index contributed by atoms with van der Waals surface area (Å²) in [5.41, 5.74) is 10.2. The molecule has 0 saturated heterocycles. The fraction of sp³-hybridized carbons (Fsp3) is 0.158. The second kappa shape index (κ2) is 5.27. The first-order valence-electron chi connectivity index (χ1n) is 7.59. The Hall–Kier alpha value is -2.10. The van der Waals surface area contributed by atoms with Crippen molar-refractivity contribution >= 4 is 33.1 Å². The molecule has 0 aliphatic carbocycles. The van der Waals surface area contributed by atoms with Crippen LogP contribution in [0, 0.1) is 0 Å². The van der Waals surface area contributed by atoms with Gasteiger partial charge in [0.15, 0.2) is 0 Å². The number of fused-ring (bicyclic) bond motifs is 3. The van der Waals surface area contributed by atoms with Gasteiger partial charge in [-0.15, -0.1) is 11.3 Å². The molecule has 2 aromatic heterocycles. The van der Waals surface area contributed by atoms with E-state index in [1.54, 1.807) is 11.3 Å². The van der Waals surface area contributed by atoms with E-state index >= 15 is 0 Å². The maximum atomic E-state index is 6.44. The Morgan fingerprint density at radius 2 is 1.82 bits per heavy atom. The highest BCUT2D eigenvalue weighted by Crippen LogP contribution is 2.32. The Bertz CT molecular complexity index is 935. The minimum absolute atomic E-state index is 0.0480. The molecule has 2 nitrogen and oxygen atoms in total.